The summed E-state index contributed by atoms with van der Waals surface area (Å²) in [4.78, 5) is 17.2. The Labute approximate surface area is 164 Å². The highest BCUT2D eigenvalue weighted by Crippen LogP contribution is 2.32. The summed E-state index contributed by atoms with van der Waals surface area (Å²) < 4.78 is 10.7. The first kappa shape index (κ1) is 18.2. The number of likely N-dealkylation sites (tertiary alicyclic amines) is 1. The van der Waals surface area contributed by atoms with Crippen LogP contribution in [0.15, 0.2) is 24.3 Å². The van der Waals surface area contributed by atoms with Gasteiger partial charge in [0.2, 0.25) is 0 Å². The number of fused-ring (bicyclic) bond motifs is 1. The van der Waals surface area contributed by atoms with Crippen LogP contribution in [0.1, 0.15) is 39.4 Å². The summed E-state index contributed by atoms with van der Waals surface area (Å²) in [5, 5.41) is 3.57. The standard InChI is InChI=1S/C21H26N2O3S/c1-25-17-11-16(12-18(13-17)26-2)22-15-6-8-23(9-7-15)21(24)20-10-14-4-3-5-19(14)27-20/h10-13,15,22H,3-9H2,1-2H3. The minimum Gasteiger partial charge on any atom is -0.497 e. The Kier molecular flexibility index (Phi) is 5.25. The number of hydrogen-bond acceptors (Lipinski definition) is 5. The molecule has 5 nitrogen and oxygen atoms in total. The van der Waals surface area contributed by atoms with Crippen LogP contribution >= 0.6 is 11.3 Å². The molecule has 6 heteroatoms. The maximum atomic E-state index is 12.8. The van der Waals surface area contributed by atoms with E-state index in [0.717, 1.165) is 60.8 Å². The summed E-state index contributed by atoms with van der Waals surface area (Å²) in [6.45, 7) is 1.58. The molecule has 0 spiro atoms. The molecule has 27 heavy (non-hydrogen) atoms. The van der Waals surface area contributed by atoms with Crippen LogP contribution in [0.2, 0.25) is 0 Å². The molecule has 1 N–H and O–H groups in total. The zero-order valence-corrected chi connectivity index (χ0v) is 16.7. The molecule has 1 fully saturated rings. The smallest absolute Gasteiger partial charge is 0.263 e. The van der Waals surface area contributed by atoms with E-state index in [1.807, 2.05) is 23.1 Å². The Morgan fingerprint density at radius 2 is 1.78 bits per heavy atom. The zero-order valence-electron chi connectivity index (χ0n) is 15.9. The predicted molar refractivity (Wildman–Crippen MR) is 108 cm³/mol. The Bertz CT molecular complexity index is 781. The van der Waals surface area contributed by atoms with Crippen molar-refractivity contribution in [2.45, 2.75) is 38.1 Å². The molecule has 2 heterocycles. The van der Waals surface area contributed by atoms with E-state index in [1.165, 1.54) is 16.9 Å². The second-order valence-electron chi connectivity index (χ2n) is 7.22. The highest BCUT2D eigenvalue weighted by Gasteiger charge is 2.26. The van der Waals surface area contributed by atoms with Crippen LogP contribution < -0.4 is 14.8 Å². The molecule has 1 aliphatic carbocycles. The van der Waals surface area contributed by atoms with Crippen LogP contribution in [0.25, 0.3) is 0 Å². The van der Waals surface area contributed by atoms with E-state index in [1.54, 1.807) is 25.6 Å². The van der Waals surface area contributed by atoms with Crippen LogP contribution in [0.3, 0.4) is 0 Å². The van der Waals surface area contributed by atoms with Crippen LogP contribution in [0.4, 0.5) is 5.69 Å². The normalized spacial score (nSPS) is 16.9. The third kappa shape index (κ3) is 3.90. The van der Waals surface area contributed by atoms with Gasteiger partial charge in [-0.15, -0.1) is 11.3 Å². The first-order valence-corrected chi connectivity index (χ1v) is 10.4. The first-order chi connectivity index (χ1) is 13.2. The minimum absolute atomic E-state index is 0.205. The van der Waals surface area contributed by atoms with Gasteiger partial charge in [0.25, 0.3) is 5.91 Å². The number of methoxy groups -OCH3 is 2. The highest BCUT2D eigenvalue weighted by atomic mass is 32.1. The third-order valence-electron chi connectivity index (χ3n) is 5.46. The van der Waals surface area contributed by atoms with E-state index in [0.29, 0.717) is 6.04 Å². The van der Waals surface area contributed by atoms with E-state index in [-0.39, 0.29) is 5.91 Å². The van der Waals surface area contributed by atoms with Gasteiger partial charge in [-0.2, -0.15) is 0 Å². The lowest BCUT2D eigenvalue weighted by atomic mass is 10.0. The molecule has 0 bridgehead atoms. The topological polar surface area (TPSA) is 50.8 Å². The largest absolute Gasteiger partial charge is 0.497 e. The number of anilines is 1. The number of benzene rings is 1. The van der Waals surface area contributed by atoms with Crippen LogP contribution in [0.5, 0.6) is 11.5 Å². The number of thiophene rings is 1. The van der Waals surface area contributed by atoms with E-state index < -0.39 is 0 Å². The summed E-state index contributed by atoms with van der Waals surface area (Å²) >= 11 is 1.70. The monoisotopic (exact) mass is 386 g/mol. The van der Waals surface area contributed by atoms with E-state index in [9.17, 15) is 4.79 Å². The van der Waals surface area contributed by atoms with Crippen LogP contribution in [-0.4, -0.2) is 44.2 Å². The molecule has 1 saturated heterocycles. The quantitative estimate of drug-likeness (QED) is 0.845. The molecule has 2 aromatic rings. The molecule has 0 saturated carbocycles. The van der Waals surface area contributed by atoms with Gasteiger partial charge in [-0.05, 0) is 43.7 Å². The number of nitrogens with zero attached hydrogens (tertiary/aromatic N) is 1. The van der Waals surface area contributed by atoms with Crippen molar-refractivity contribution in [1.29, 1.82) is 0 Å². The number of carbonyl (C=O) groups is 1. The van der Waals surface area contributed by atoms with Gasteiger partial charge < -0.3 is 19.7 Å². The number of aryl methyl sites for hydroxylation is 2. The van der Waals surface area contributed by atoms with Crippen molar-refractivity contribution in [3.63, 3.8) is 0 Å². The molecule has 0 radical (unpaired) electrons. The summed E-state index contributed by atoms with van der Waals surface area (Å²) in [5.74, 6) is 1.75. The van der Waals surface area contributed by atoms with Crippen molar-refractivity contribution in [2.24, 2.45) is 0 Å². The molecule has 2 aliphatic rings. The fourth-order valence-electron chi connectivity index (χ4n) is 3.94. The molecule has 1 aromatic carbocycles. The molecule has 4 rings (SSSR count). The summed E-state index contributed by atoms with van der Waals surface area (Å²) in [6.07, 6.45) is 5.40. The maximum Gasteiger partial charge on any atom is 0.263 e. The van der Waals surface area contributed by atoms with Gasteiger partial charge in [-0.3, -0.25) is 4.79 Å². The Morgan fingerprint density at radius 3 is 2.41 bits per heavy atom. The van der Waals surface area contributed by atoms with E-state index in [2.05, 4.69) is 11.4 Å². The average molecular weight is 387 g/mol. The maximum absolute atomic E-state index is 12.8. The van der Waals surface area contributed by atoms with Crippen molar-refractivity contribution in [2.75, 3.05) is 32.6 Å². The number of rotatable bonds is 5. The van der Waals surface area contributed by atoms with E-state index in [4.69, 9.17) is 9.47 Å². The SMILES string of the molecule is COc1cc(NC2CCN(C(=O)c3cc4c(s3)CCC4)CC2)cc(OC)c1. The molecule has 0 atom stereocenters. The van der Waals surface area contributed by atoms with Gasteiger partial charge >= 0.3 is 0 Å². The number of piperidine rings is 1. The molecule has 1 aliphatic heterocycles. The number of hydrogen-bond donors (Lipinski definition) is 1. The first-order valence-electron chi connectivity index (χ1n) is 9.56. The van der Waals surface area contributed by atoms with Gasteiger partial charge in [-0.1, -0.05) is 0 Å². The van der Waals surface area contributed by atoms with Crippen molar-refractivity contribution < 1.29 is 14.3 Å². The summed E-state index contributed by atoms with van der Waals surface area (Å²) in [6, 6.07) is 8.30. The highest BCUT2D eigenvalue weighted by molar-refractivity contribution is 7.14. The lowest BCUT2D eigenvalue weighted by Crippen LogP contribution is -2.42. The van der Waals surface area contributed by atoms with Crippen LogP contribution in [-0.2, 0) is 12.8 Å². The zero-order chi connectivity index (χ0) is 18.8. The Balaban J connectivity index is 1.35. The second kappa shape index (κ2) is 7.80. The van der Waals surface area contributed by atoms with Gasteiger partial charge in [0.1, 0.15) is 11.5 Å². The summed E-state index contributed by atoms with van der Waals surface area (Å²) in [5.41, 5.74) is 2.39. The number of carbonyl (C=O) groups excluding carboxylic acids is 1. The molecular formula is C21H26N2O3S. The Morgan fingerprint density at radius 1 is 1.07 bits per heavy atom. The molecular weight excluding hydrogens is 360 g/mol. The molecule has 144 valence electrons. The van der Waals surface area contributed by atoms with Gasteiger partial charge in [0.15, 0.2) is 0 Å². The number of ether oxygens (including phenoxy) is 2. The second-order valence-corrected chi connectivity index (χ2v) is 8.36. The fraction of sp³-hybridized carbons (Fsp3) is 0.476. The van der Waals surface area contributed by atoms with Crippen molar-refractivity contribution in [3.05, 3.63) is 39.6 Å². The van der Waals surface area contributed by atoms with Crippen molar-refractivity contribution >= 4 is 22.9 Å². The lowest BCUT2D eigenvalue weighted by Gasteiger charge is -2.32. The summed E-state index contributed by atoms with van der Waals surface area (Å²) in [7, 11) is 3.31. The predicted octanol–water partition coefficient (Wildman–Crippen LogP) is 3.97. The Hall–Kier alpha value is -2.21. The van der Waals surface area contributed by atoms with Crippen LogP contribution in [0, 0.1) is 0 Å². The third-order valence-corrected chi connectivity index (χ3v) is 6.69. The fourth-order valence-corrected chi connectivity index (χ4v) is 5.17. The van der Waals surface area contributed by atoms with Crippen molar-refractivity contribution in [1.82, 2.24) is 4.90 Å². The van der Waals surface area contributed by atoms with Crippen molar-refractivity contribution in [3.8, 4) is 11.5 Å². The number of amides is 1. The molecule has 0 unspecified atom stereocenters. The molecule has 1 aromatic heterocycles. The average Bonchev–Trinajstić information content (AvgIpc) is 3.30. The lowest BCUT2D eigenvalue weighted by molar-refractivity contribution is 0.0723. The number of nitrogens with one attached hydrogen (secondary N) is 1. The molecule has 1 amide bonds. The van der Waals surface area contributed by atoms with E-state index >= 15 is 0 Å². The minimum atomic E-state index is 0.205. The van der Waals surface area contributed by atoms with Gasteiger partial charge in [0.05, 0.1) is 19.1 Å². The van der Waals surface area contributed by atoms with Gasteiger partial charge in [-0.25, -0.2) is 0 Å². The van der Waals surface area contributed by atoms with Gasteiger partial charge in [0, 0.05) is 47.9 Å².